The average Bonchev–Trinajstić information content (AvgIpc) is 3.12. The number of carbonyl (C=O) groups excluding carboxylic acids is 1. The molecular formula is C19H13F4N3O. The van der Waals surface area contributed by atoms with Gasteiger partial charge in [-0.1, -0.05) is 30.3 Å². The lowest BCUT2D eigenvalue weighted by Gasteiger charge is -2.27. The van der Waals surface area contributed by atoms with Gasteiger partial charge in [0, 0.05) is 12.1 Å². The van der Waals surface area contributed by atoms with Crippen molar-refractivity contribution in [3.8, 4) is 11.3 Å². The highest BCUT2D eigenvalue weighted by molar-refractivity contribution is 5.94. The summed E-state index contributed by atoms with van der Waals surface area (Å²) in [6.45, 7) is 0.627. The van der Waals surface area contributed by atoms with Crippen LogP contribution in [0.5, 0.6) is 0 Å². The minimum Gasteiger partial charge on any atom is -0.331 e. The quantitative estimate of drug-likeness (QED) is 0.389. The van der Waals surface area contributed by atoms with Crippen molar-refractivity contribution in [3.05, 3.63) is 77.0 Å². The minimum atomic E-state index is -1.99. The van der Waals surface area contributed by atoms with Gasteiger partial charge in [0.2, 0.25) is 0 Å². The summed E-state index contributed by atoms with van der Waals surface area (Å²) in [5.74, 6) is -8.13. The van der Waals surface area contributed by atoms with E-state index in [2.05, 4.69) is 5.10 Å². The highest BCUT2D eigenvalue weighted by Crippen LogP contribution is 2.25. The van der Waals surface area contributed by atoms with Gasteiger partial charge in [-0.3, -0.25) is 9.48 Å². The zero-order valence-corrected chi connectivity index (χ0v) is 13.9. The highest BCUT2D eigenvalue weighted by Gasteiger charge is 2.29. The molecule has 1 aliphatic rings. The summed E-state index contributed by atoms with van der Waals surface area (Å²) in [4.78, 5) is 13.8. The molecule has 138 valence electrons. The Morgan fingerprint density at radius 2 is 1.67 bits per heavy atom. The molecule has 1 aliphatic heterocycles. The van der Waals surface area contributed by atoms with Crippen molar-refractivity contribution in [2.45, 2.75) is 13.1 Å². The minimum absolute atomic E-state index is 0.0960. The van der Waals surface area contributed by atoms with Crippen molar-refractivity contribution in [1.29, 1.82) is 0 Å². The summed E-state index contributed by atoms with van der Waals surface area (Å²) in [7, 11) is 0. The lowest BCUT2D eigenvalue weighted by Crippen LogP contribution is -2.39. The van der Waals surface area contributed by atoms with E-state index in [-0.39, 0.29) is 13.1 Å². The van der Waals surface area contributed by atoms with E-state index in [9.17, 15) is 22.4 Å². The number of hydrogen-bond acceptors (Lipinski definition) is 2. The molecule has 0 radical (unpaired) electrons. The number of amides is 1. The summed E-state index contributed by atoms with van der Waals surface area (Å²) < 4.78 is 55.6. The van der Waals surface area contributed by atoms with Crippen LogP contribution in [0, 0.1) is 23.3 Å². The van der Waals surface area contributed by atoms with Crippen molar-refractivity contribution < 1.29 is 22.4 Å². The molecule has 4 nitrogen and oxygen atoms in total. The number of benzene rings is 2. The molecule has 0 spiro atoms. The average molecular weight is 375 g/mol. The second-order valence-corrected chi connectivity index (χ2v) is 6.18. The van der Waals surface area contributed by atoms with E-state index in [1.165, 1.54) is 4.90 Å². The van der Waals surface area contributed by atoms with Crippen LogP contribution in [0.15, 0.2) is 42.5 Å². The Hall–Kier alpha value is -3.16. The van der Waals surface area contributed by atoms with Crippen molar-refractivity contribution in [1.82, 2.24) is 14.7 Å². The van der Waals surface area contributed by atoms with Crippen LogP contribution in [-0.4, -0.2) is 27.1 Å². The van der Waals surface area contributed by atoms with Crippen LogP contribution in [0.2, 0.25) is 0 Å². The first-order chi connectivity index (χ1) is 13.0. The Labute approximate surface area is 151 Å². The van der Waals surface area contributed by atoms with Gasteiger partial charge in [-0.2, -0.15) is 5.10 Å². The first-order valence-corrected chi connectivity index (χ1v) is 8.20. The summed E-state index contributed by atoms with van der Waals surface area (Å²) in [5, 5.41) is 4.48. The van der Waals surface area contributed by atoms with Crippen LogP contribution in [0.25, 0.3) is 11.3 Å². The zero-order chi connectivity index (χ0) is 19.1. The van der Waals surface area contributed by atoms with Gasteiger partial charge in [0.1, 0.15) is 0 Å². The molecular weight excluding hydrogens is 362 g/mol. The standard InChI is InChI=1S/C19H13F4N3O/c20-14-9-13(16(21)18(23)17(14)22)19(27)25-6-7-26-12(10-25)8-15(24-26)11-4-2-1-3-5-11/h1-5,8-9H,6-7,10H2. The maximum Gasteiger partial charge on any atom is 0.257 e. The molecule has 3 aromatic rings. The molecule has 27 heavy (non-hydrogen) atoms. The Balaban J connectivity index is 1.62. The first kappa shape index (κ1) is 17.3. The third-order valence-electron chi connectivity index (χ3n) is 4.49. The molecule has 2 heterocycles. The van der Waals surface area contributed by atoms with E-state index in [1.54, 1.807) is 10.7 Å². The van der Waals surface area contributed by atoms with Crippen molar-refractivity contribution in [2.75, 3.05) is 6.54 Å². The van der Waals surface area contributed by atoms with Gasteiger partial charge in [-0.15, -0.1) is 0 Å². The van der Waals surface area contributed by atoms with Gasteiger partial charge in [0.25, 0.3) is 5.91 Å². The number of halogens is 4. The third kappa shape index (κ3) is 2.97. The fourth-order valence-electron chi connectivity index (χ4n) is 3.09. The molecule has 0 saturated heterocycles. The molecule has 0 saturated carbocycles. The maximum absolute atomic E-state index is 13.9. The molecule has 0 atom stereocenters. The molecule has 8 heteroatoms. The van der Waals surface area contributed by atoms with E-state index < -0.39 is 34.7 Å². The van der Waals surface area contributed by atoms with E-state index in [4.69, 9.17) is 0 Å². The monoisotopic (exact) mass is 375 g/mol. The van der Waals surface area contributed by atoms with Crippen LogP contribution in [-0.2, 0) is 13.1 Å². The zero-order valence-electron chi connectivity index (χ0n) is 13.9. The second kappa shape index (κ2) is 6.53. The lowest BCUT2D eigenvalue weighted by atomic mass is 10.1. The molecule has 4 rings (SSSR count). The fraction of sp³-hybridized carbons (Fsp3) is 0.158. The predicted molar refractivity (Wildman–Crippen MR) is 88.7 cm³/mol. The van der Waals surface area contributed by atoms with Gasteiger partial charge in [-0.25, -0.2) is 17.6 Å². The smallest absolute Gasteiger partial charge is 0.257 e. The number of aromatic nitrogens is 2. The maximum atomic E-state index is 13.9. The number of fused-ring (bicyclic) bond motifs is 1. The van der Waals surface area contributed by atoms with Crippen molar-refractivity contribution >= 4 is 5.91 Å². The summed E-state index contributed by atoms with van der Waals surface area (Å²) in [6.07, 6.45) is 0. The molecule has 0 aliphatic carbocycles. The second-order valence-electron chi connectivity index (χ2n) is 6.18. The molecule has 0 bridgehead atoms. The Bertz CT molecular complexity index is 1030. The molecule has 0 unspecified atom stereocenters. The summed E-state index contributed by atoms with van der Waals surface area (Å²) in [6, 6.07) is 11.6. The largest absolute Gasteiger partial charge is 0.331 e. The van der Waals surface area contributed by atoms with Crippen LogP contribution >= 0.6 is 0 Å². The molecule has 1 aromatic heterocycles. The van der Waals surface area contributed by atoms with Crippen LogP contribution in [0.3, 0.4) is 0 Å². The summed E-state index contributed by atoms with van der Waals surface area (Å²) in [5.41, 5.74) is 1.51. The van der Waals surface area contributed by atoms with Gasteiger partial charge in [0.15, 0.2) is 23.3 Å². The Kier molecular flexibility index (Phi) is 4.18. The molecule has 0 N–H and O–H groups in total. The van der Waals surface area contributed by atoms with Crippen molar-refractivity contribution in [3.63, 3.8) is 0 Å². The van der Waals surface area contributed by atoms with Gasteiger partial charge < -0.3 is 4.90 Å². The molecule has 1 amide bonds. The van der Waals surface area contributed by atoms with E-state index in [1.807, 2.05) is 30.3 Å². The van der Waals surface area contributed by atoms with Crippen LogP contribution in [0.1, 0.15) is 16.1 Å². The lowest BCUT2D eigenvalue weighted by molar-refractivity contribution is 0.0699. The van der Waals surface area contributed by atoms with E-state index >= 15 is 0 Å². The van der Waals surface area contributed by atoms with Crippen LogP contribution in [0.4, 0.5) is 17.6 Å². The number of rotatable bonds is 2. The van der Waals surface area contributed by atoms with E-state index in [0.29, 0.717) is 18.3 Å². The van der Waals surface area contributed by atoms with Gasteiger partial charge in [0.05, 0.1) is 30.0 Å². The SMILES string of the molecule is O=C(c1cc(F)c(F)c(F)c1F)N1CCn2nc(-c3ccccc3)cc2C1. The Morgan fingerprint density at radius 1 is 0.926 bits per heavy atom. The topological polar surface area (TPSA) is 38.1 Å². The van der Waals surface area contributed by atoms with Crippen LogP contribution < -0.4 is 0 Å². The molecule has 2 aromatic carbocycles. The molecule has 0 fully saturated rings. The fourth-order valence-corrected chi connectivity index (χ4v) is 3.09. The normalized spacial score (nSPS) is 13.6. The van der Waals surface area contributed by atoms with Gasteiger partial charge in [-0.05, 0) is 12.1 Å². The van der Waals surface area contributed by atoms with Gasteiger partial charge >= 0.3 is 0 Å². The number of carbonyl (C=O) groups is 1. The first-order valence-electron chi connectivity index (χ1n) is 8.20. The predicted octanol–water partition coefficient (Wildman–Crippen LogP) is 3.76. The third-order valence-corrected chi connectivity index (χ3v) is 4.49. The van der Waals surface area contributed by atoms with E-state index in [0.717, 1.165) is 11.3 Å². The number of hydrogen-bond donors (Lipinski definition) is 0. The van der Waals surface area contributed by atoms with Crippen molar-refractivity contribution in [2.24, 2.45) is 0 Å². The highest BCUT2D eigenvalue weighted by atomic mass is 19.2. The number of nitrogens with zero attached hydrogens (tertiary/aromatic N) is 3. The summed E-state index contributed by atoms with van der Waals surface area (Å²) >= 11 is 0. The Morgan fingerprint density at radius 3 is 2.41 bits per heavy atom.